The fourth-order valence-corrected chi connectivity index (χ4v) is 4.34. The van der Waals surface area contributed by atoms with Crippen LogP contribution in [-0.4, -0.2) is 62.2 Å². The van der Waals surface area contributed by atoms with Gasteiger partial charge in [0.2, 0.25) is 5.95 Å². The lowest BCUT2D eigenvalue weighted by Gasteiger charge is -2.28. The molecular weight excluding hydrogens is 292 g/mol. The van der Waals surface area contributed by atoms with Gasteiger partial charge >= 0.3 is 0 Å². The number of hydrogen-bond donors (Lipinski definition) is 1. The summed E-state index contributed by atoms with van der Waals surface area (Å²) < 4.78 is 28.4. The van der Waals surface area contributed by atoms with E-state index in [-0.39, 0.29) is 17.5 Å². The summed E-state index contributed by atoms with van der Waals surface area (Å²) in [6, 6.07) is 1.86. The van der Waals surface area contributed by atoms with E-state index in [0.29, 0.717) is 25.6 Å². The zero-order valence-corrected chi connectivity index (χ0v) is 12.9. The third-order valence-electron chi connectivity index (χ3n) is 3.74. The van der Waals surface area contributed by atoms with Gasteiger partial charge in [-0.05, 0) is 13.3 Å². The lowest BCUT2D eigenvalue weighted by molar-refractivity contribution is 0.122. The first kappa shape index (κ1) is 14.5. The van der Waals surface area contributed by atoms with Crippen molar-refractivity contribution in [3.8, 4) is 0 Å². The minimum absolute atomic E-state index is 0.0886. The van der Waals surface area contributed by atoms with Crippen LogP contribution in [0.15, 0.2) is 6.07 Å². The number of aromatic nitrogens is 2. The summed E-state index contributed by atoms with van der Waals surface area (Å²) >= 11 is 0. The van der Waals surface area contributed by atoms with E-state index in [4.69, 9.17) is 4.74 Å². The zero-order chi connectivity index (χ0) is 14.9. The molecule has 2 aliphatic rings. The predicted octanol–water partition coefficient (Wildman–Crippen LogP) is 0.221. The van der Waals surface area contributed by atoms with Crippen LogP contribution < -0.4 is 10.2 Å². The third kappa shape index (κ3) is 3.62. The Morgan fingerprint density at radius 1 is 1.33 bits per heavy atom. The van der Waals surface area contributed by atoms with Crippen molar-refractivity contribution >= 4 is 21.6 Å². The molecule has 2 aliphatic heterocycles. The van der Waals surface area contributed by atoms with Crippen LogP contribution in [0, 0.1) is 6.92 Å². The standard InChI is InChI=1S/C13H20N4O3S/c1-10-8-12(17-3-5-20-6-4-17)16-13(14-10)15-11-2-7-21(18,19)9-11/h8,11H,2-7,9H2,1H3,(H,14,15,16). The number of nitrogens with zero attached hydrogens (tertiary/aromatic N) is 3. The molecular formula is C13H20N4O3S. The van der Waals surface area contributed by atoms with Crippen LogP contribution >= 0.6 is 0 Å². The first-order chi connectivity index (χ1) is 10.0. The predicted molar refractivity (Wildman–Crippen MR) is 80.5 cm³/mol. The van der Waals surface area contributed by atoms with Crippen LogP contribution in [0.1, 0.15) is 12.1 Å². The number of morpholine rings is 1. The van der Waals surface area contributed by atoms with Crippen LogP contribution in [0.5, 0.6) is 0 Å². The minimum Gasteiger partial charge on any atom is -0.378 e. The van der Waals surface area contributed by atoms with Gasteiger partial charge < -0.3 is 15.0 Å². The molecule has 0 radical (unpaired) electrons. The van der Waals surface area contributed by atoms with E-state index in [2.05, 4.69) is 20.2 Å². The monoisotopic (exact) mass is 312 g/mol. The lowest BCUT2D eigenvalue weighted by atomic mass is 10.3. The fourth-order valence-electron chi connectivity index (χ4n) is 2.66. The first-order valence-corrected chi connectivity index (χ1v) is 8.99. The molecule has 2 saturated heterocycles. The lowest BCUT2D eigenvalue weighted by Crippen LogP contribution is -2.37. The Hall–Kier alpha value is -1.41. The summed E-state index contributed by atoms with van der Waals surface area (Å²) in [5.74, 6) is 1.79. The largest absolute Gasteiger partial charge is 0.378 e. The van der Waals surface area contributed by atoms with Gasteiger partial charge in [-0.15, -0.1) is 0 Å². The molecule has 21 heavy (non-hydrogen) atoms. The van der Waals surface area contributed by atoms with E-state index in [0.717, 1.165) is 24.6 Å². The number of anilines is 2. The van der Waals surface area contributed by atoms with Gasteiger partial charge in [0, 0.05) is 30.9 Å². The summed E-state index contributed by atoms with van der Waals surface area (Å²) in [5, 5.41) is 3.16. The van der Waals surface area contributed by atoms with Crippen LogP contribution in [0.4, 0.5) is 11.8 Å². The maximum absolute atomic E-state index is 11.5. The summed E-state index contributed by atoms with van der Waals surface area (Å²) in [4.78, 5) is 11.0. The van der Waals surface area contributed by atoms with Crippen molar-refractivity contribution in [2.24, 2.45) is 0 Å². The molecule has 1 unspecified atom stereocenters. The van der Waals surface area contributed by atoms with Gasteiger partial charge in [0.15, 0.2) is 9.84 Å². The number of sulfone groups is 1. The van der Waals surface area contributed by atoms with Crippen molar-refractivity contribution in [2.45, 2.75) is 19.4 Å². The minimum atomic E-state index is -2.90. The van der Waals surface area contributed by atoms with Crippen molar-refractivity contribution in [2.75, 3.05) is 48.0 Å². The van der Waals surface area contributed by atoms with Crippen LogP contribution in [0.2, 0.25) is 0 Å². The van der Waals surface area contributed by atoms with E-state index >= 15 is 0 Å². The Bertz CT molecular complexity index is 614. The molecule has 3 rings (SSSR count). The Labute approximate surface area is 124 Å². The number of rotatable bonds is 3. The topological polar surface area (TPSA) is 84.4 Å². The molecule has 0 spiro atoms. The fraction of sp³-hybridized carbons (Fsp3) is 0.692. The highest BCUT2D eigenvalue weighted by atomic mass is 32.2. The Morgan fingerprint density at radius 2 is 2.10 bits per heavy atom. The van der Waals surface area contributed by atoms with E-state index < -0.39 is 9.84 Å². The molecule has 2 fully saturated rings. The van der Waals surface area contributed by atoms with E-state index in [1.807, 2.05) is 13.0 Å². The Balaban J connectivity index is 1.75. The van der Waals surface area contributed by atoms with Gasteiger partial charge in [-0.25, -0.2) is 13.4 Å². The van der Waals surface area contributed by atoms with Gasteiger partial charge in [0.25, 0.3) is 0 Å². The summed E-state index contributed by atoms with van der Waals surface area (Å²) in [5.41, 5.74) is 0.870. The SMILES string of the molecule is Cc1cc(N2CCOCC2)nc(NC2CCS(=O)(=O)C2)n1. The molecule has 0 bridgehead atoms. The molecule has 0 saturated carbocycles. The second-order valence-electron chi connectivity index (χ2n) is 5.53. The Morgan fingerprint density at radius 3 is 2.76 bits per heavy atom. The van der Waals surface area contributed by atoms with Crippen molar-refractivity contribution in [1.29, 1.82) is 0 Å². The van der Waals surface area contributed by atoms with Gasteiger partial charge in [-0.1, -0.05) is 0 Å². The van der Waals surface area contributed by atoms with E-state index in [1.54, 1.807) is 0 Å². The zero-order valence-electron chi connectivity index (χ0n) is 12.1. The number of hydrogen-bond acceptors (Lipinski definition) is 7. The van der Waals surface area contributed by atoms with Gasteiger partial charge in [0.1, 0.15) is 5.82 Å². The molecule has 7 nitrogen and oxygen atoms in total. The molecule has 1 N–H and O–H groups in total. The van der Waals surface area contributed by atoms with Gasteiger partial charge in [0.05, 0.1) is 24.7 Å². The van der Waals surface area contributed by atoms with Crippen LogP contribution in [-0.2, 0) is 14.6 Å². The molecule has 3 heterocycles. The first-order valence-electron chi connectivity index (χ1n) is 7.17. The van der Waals surface area contributed by atoms with Crippen LogP contribution in [0.25, 0.3) is 0 Å². The van der Waals surface area contributed by atoms with Crippen molar-refractivity contribution in [1.82, 2.24) is 9.97 Å². The molecule has 116 valence electrons. The quantitative estimate of drug-likeness (QED) is 0.854. The molecule has 1 aromatic rings. The van der Waals surface area contributed by atoms with Crippen molar-refractivity contribution < 1.29 is 13.2 Å². The third-order valence-corrected chi connectivity index (χ3v) is 5.51. The summed E-state index contributed by atoms with van der Waals surface area (Å²) in [7, 11) is -2.90. The maximum Gasteiger partial charge on any atom is 0.225 e. The molecule has 1 atom stereocenters. The van der Waals surface area contributed by atoms with Gasteiger partial charge in [-0.3, -0.25) is 0 Å². The van der Waals surface area contributed by atoms with Crippen LogP contribution in [0.3, 0.4) is 0 Å². The Kier molecular flexibility index (Phi) is 3.99. The second kappa shape index (κ2) is 5.76. The molecule has 8 heteroatoms. The summed E-state index contributed by atoms with van der Waals surface area (Å²) in [6.07, 6.45) is 0.618. The normalized spacial score (nSPS) is 25.0. The summed E-state index contributed by atoms with van der Waals surface area (Å²) in [6.45, 7) is 4.95. The second-order valence-corrected chi connectivity index (χ2v) is 7.76. The highest BCUT2D eigenvalue weighted by Gasteiger charge is 2.28. The number of aryl methyl sites for hydroxylation is 1. The van der Waals surface area contributed by atoms with Crippen molar-refractivity contribution in [3.05, 3.63) is 11.8 Å². The van der Waals surface area contributed by atoms with Gasteiger partial charge in [-0.2, -0.15) is 4.98 Å². The molecule has 0 aromatic carbocycles. The highest BCUT2D eigenvalue weighted by molar-refractivity contribution is 7.91. The highest BCUT2D eigenvalue weighted by Crippen LogP contribution is 2.19. The maximum atomic E-state index is 11.5. The number of nitrogens with one attached hydrogen (secondary N) is 1. The number of ether oxygens (including phenoxy) is 1. The average Bonchev–Trinajstić information content (AvgIpc) is 2.78. The van der Waals surface area contributed by atoms with E-state index in [1.165, 1.54) is 0 Å². The average molecular weight is 312 g/mol. The molecule has 0 aliphatic carbocycles. The molecule has 0 amide bonds. The molecule has 1 aromatic heterocycles. The smallest absolute Gasteiger partial charge is 0.225 e. The van der Waals surface area contributed by atoms with Crippen molar-refractivity contribution in [3.63, 3.8) is 0 Å². The van der Waals surface area contributed by atoms with E-state index in [9.17, 15) is 8.42 Å².